The Morgan fingerprint density at radius 3 is 2.79 bits per heavy atom. The molecule has 0 saturated carbocycles. The Morgan fingerprint density at radius 1 is 1.26 bits per heavy atom. The normalized spacial score (nSPS) is 19.2. The van der Waals surface area contributed by atoms with Gasteiger partial charge in [-0.05, 0) is 25.7 Å². The largest absolute Gasteiger partial charge is 0.437 e. The van der Waals surface area contributed by atoms with Crippen molar-refractivity contribution >= 4 is 0 Å². The average molecular weight is 260 g/mol. The minimum Gasteiger partial charge on any atom is -0.437 e. The fourth-order valence-corrected chi connectivity index (χ4v) is 2.86. The van der Waals surface area contributed by atoms with Crippen molar-refractivity contribution in [2.75, 3.05) is 0 Å². The van der Waals surface area contributed by atoms with Crippen LogP contribution >= 0.6 is 0 Å². The van der Waals surface area contributed by atoms with Gasteiger partial charge in [-0.2, -0.15) is 0 Å². The fraction of sp³-hybridized carbons (Fsp3) is 0.643. The summed E-state index contributed by atoms with van der Waals surface area (Å²) in [6, 6.07) is 0. The van der Waals surface area contributed by atoms with E-state index in [1.807, 2.05) is 13.8 Å². The lowest BCUT2D eigenvalue weighted by Crippen LogP contribution is -2.04. The van der Waals surface area contributed by atoms with Gasteiger partial charge in [0, 0.05) is 19.9 Å². The summed E-state index contributed by atoms with van der Waals surface area (Å²) in [4.78, 5) is 4.32. The van der Waals surface area contributed by atoms with Gasteiger partial charge in [0.15, 0.2) is 11.7 Å². The van der Waals surface area contributed by atoms with Crippen LogP contribution in [-0.2, 0) is 13.0 Å². The van der Waals surface area contributed by atoms with Gasteiger partial charge in [0.25, 0.3) is 0 Å². The Balaban J connectivity index is 1.98. The van der Waals surface area contributed by atoms with Crippen molar-refractivity contribution in [3.63, 3.8) is 0 Å². The third-order valence-corrected chi connectivity index (χ3v) is 4.05. The van der Waals surface area contributed by atoms with Crippen molar-refractivity contribution in [3.8, 4) is 11.6 Å². The molecule has 5 heteroatoms. The van der Waals surface area contributed by atoms with Crippen LogP contribution in [0.5, 0.6) is 0 Å². The molecule has 19 heavy (non-hydrogen) atoms. The maximum absolute atomic E-state index is 5.68. The summed E-state index contributed by atoms with van der Waals surface area (Å²) in [7, 11) is 0. The molecule has 1 atom stereocenters. The molecule has 3 rings (SSSR count). The van der Waals surface area contributed by atoms with Crippen molar-refractivity contribution in [2.45, 2.75) is 53.0 Å². The molecule has 1 aliphatic heterocycles. The monoisotopic (exact) mass is 260 g/mol. The van der Waals surface area contributed by atoms with Crippen LogP contribution in [0.2, 0.25) is 0 Å². The molecule has 0 radical (unpaired) electrons. The number of hydrogen-bond acceptors (Lipinski definition) is 4. The van der Waals surface area contributed by atoms with E-state index in [4.69, 9.17) is 4.42 Å². The number of aromatic nitrogens is 4. The molecule has 0 bridgehead atoms. The molecule has 0 aromatic carbocycles. The highest BCUT2D eigenvalue weighted by Gasteiger charge is 2.23. The summed E-state index contributed by atoms with van der Waals surface area (Å²) in [5.41, 5.74) is 0.893. The Bertz CT molecular complexity index is 584. The minimum atomic E-state index is 0.685. The Morgan fingerprint density at radius 2 is 2.11 bits per heavy atom. The van der Waals surface area contributed by atoms with Gasteiger partial charge in [-0.25, -0.2) is 4.98 Å². The Kier molecular flexibility index (Phi) is 3.12. The molecule has 0 N–H and O–H groups in total. The highest BCUT2D eigenvalue weighted by molar-refractivity contribution is 5.50. The first-order valence-corrected chi connectivity index (χ1v) is 7.05. The smallest absolute Gasteiger partial charge is 0.201 e. The van der Waals surface area contributed by atoms with Crippen molar-refractivity contribution < 1.29 is 4.42 Å². The summed E-state index contributed by atoms with van der Waals surface area (Å²) in [5, 5.41) is 8.65. The minimum absolute atomic E-state index is 0.685. The molecule has 5 nitrogen and oxygen atoms in total. The number of rotatable bonds is 2. The van der Waals surface area contributed by atoms with E-state index in [1.54, 1.807) is 0 Å². The van der Waals surface area contributed by atoms with E-state index in [0.29, 0.717) is 5.89 Å². The Labute approximate surface area is 113 Å². The highest BCUT2D eigenvalue weighted by Crippen LogP contribution is 2.28. The summed E-state index contributed by atoms with van der Waals surface area (Å²) < 4.78 is 7.90. The molecule has 1 aliphatic rings. The molecule has 2 aromatic rings. The second-order valence-corrected chi connectivity index (χ2v) is 5.34. The number of fused-ring (bicyclic) bond motifs is 1. The lowest BCUT2D eigenvalue weighted by atomic mass is 9.98. The van der Waals surface area contributed by atoms with Gasteiger partial charge in [0.1, 0.15) is 5.82 Å². The molecule has 102 valence electrons. The van der Waals surface area contributed by atoms with Gasteiger partial charge in [-0.15, -0.1) is 10.2 Å². The molecule has 3 heterocycles. The average Bonchev–Trinajstić information content (AvgIpc) is 2.86. The molecule has 1 unspecified atom stereocenters. The molecular formula is C14H20N4O. The molecule has 0 fully saturated rings. The van der Waals surface area contributed by atoms with E-state index >= 15 is 0 Å². The first kappa shape index (κ1) is 12.4. The zero-order valence-electron chi connectivity index (χ0n) is 11.8. The summed E-state index contributed by atoms with van der Waals surface area (Å²) in [5.74, 6) is 4.17. The number of nitrogens with zero attached hydrogens (tertiary/aromatic N) is 4. The van der Waals surface area contributed by atoms with Crippen LogP contribution in [0, 0.1) is 19.8 Å². The predicted molar refractivity (Wildman–Crippen MR) is 71.7 cm³/mol. The van der Waals surface area contributed by atoms with Crippen LogP contribution in [0.3, 0.4) is 0 Å². The van der Waals surface area contributed by atoms with Crippen LogP contribution in [0.15, 0.2) is 4.42 Å². The van der Waals surface area contributed by atoms with Crippen molar-refractivity contribution in [1.82, 2.24) is 19.7 Å². The molecule has 0 saturated heterocycles. The molecule has 0 aliphatic carbocycles. The standard InChI is InChI=1S/C14H20N4O/c1-4-11-5-6-12-16-17-14(18(12)8-7-11)13-9(2)15-10(3)19-13/h11H,4-8H2,1-3H3. The van der Waals surface area contributed by atoms with Gasteiger partial charge in [-0.1, -0.05) is 13.3 Å². The van der Waals surface area contributed by atoms with E-state index in [0.717, 1.165) is 42.0 Å². The lowest BCUT2D eigenvalue weighted by Gasteiger charge is -2.10. The maximum atomic E-state index is 5.68. The SMILES string of the molecule is CCC1CCc2nnc(-c3oc(C)nc3C)n2CC1. The van der Waals surface area contributed by atoms with E-state index in [-0.39, 0.29) is 0 Å². The number of hydrogen-bond donors (Lipinski definition) is 0. The maximum Gasteiger partial charge on any atom is 0.201 e. The topological polar surface area (TPSA) is 56.7 Å². The number of aryl methyl sites for hydroxylation is 3. The first-order valence-electron chi connectivity index (χ1n) is 7.05. The molecule has 0 amide bonds. The van der Waals surface area contributed by atoms with Crippen LogP contribution in [0.1, 0.15) is 43.6 Å². The van der Waals surface area contributed by atoms with Crippen LogP contribution in [0.25, 0.3) is 11.6 Å². The molecule has 2 aromatic heterocycles. The van der Waals surface area contributed by atoms with Gasteiger partial charge >= 0.3 is 0 Å². The third kappa shape index (κ3) is 2.17. The van der Waals surface area contributed by atoms with E-state index in [1.165, 1.54) is 19.3 Å². The van der Waals surface area contributed by atoms with Crippen molar-refractivity contribution in [3.05, 3.63) is 17.4 Å². The third-order valence-electron chi connectivity index (χ3n) is 4.05. The van der Waals surface area contributed by atoms with Gasteiger partial charge < -0.3 is 8.98 Å². The van der Waals surface area contributed by atoms with Gasteiger partial charge in [-0.3, -0.25) is 0 Å². The van der Waals surface area contributed by atoms with E-state index in [2.05, 4.69) is 26.7 Å². The van der Waals surface area contributed by atoms with Crippen LogP contribution in [-0.4, -0.2) is 19.7 Å². The predicted octanol–water partition coefficient (Wildman–Crippen LogP) is 2.91. The summed E-state index contributed by atoms with van der Waals surface area (Å²) in [6.07, 6.45) is 4.66. The quantitative estimate of drug-likeness (QED) is 0.833. The van der Waals surface area contributed by atoms with Crippen LogP contribution < -0.4 is 0 Å². The zero-order valence-corrected chi connectivity index (χ0v) is 11.8. The highest BCUT2D eigenvalue weighted by atomic mass is 16.4. The van der Waals surface area contributed by atoms with Gasteiger partial charge in [0.2, 0.25) is 5.82 Å². The fourth-order valence-electron chi connectivity index (χ4n) is 2.86. The summed E-state index contributed by atoms with van der Waals surface area (Å²) in [6.45, 7) is 7.07. The summed E-state index contributed by atoms with van der Waals surface area (Å²) >= 11 is 0. The van der Waals surface area contributed by atoms with Crippen molar-refractivity contribution in [2.24, 2.45) is 5.92 Å². The molecular weight excluding hydrogens is 240 g/mol. The second kappa shape index (κ2) is 4.79. The van der Waals surface area contributed by atoms with E-state index in [9.17, 15) is 0 Å². The van der Waals surface area contributed by atoms with E-state index < -0.39 is 0 Å². The first-order chi connectivity index (χ1) is 9.19. The molecule has 0 spiro atoms. The van der Waals surface area contributed by atoms with Crippen molar-refractivity contribution in [1.29, 1.82) is 0 Å². The van der Waals surface area contributed by atoms with Gasteiger partial charge in [0.05, 0.1) is 5.69 Å². The zero-order chi connectivity index (χ0) is 13.4. The van der Waals surface area contributed by atoms with Crippen LogP contribution in [0.4, 0.5) is 0 Å². The number of oxazole rings is 1. The second-order valence-electron chi connectivity index (χ2n) is 5.34. The lowest BCUT2D eigenvalue weighted by molar-refractivity contribution is 0.432. The Hall–Kier alpha value is -1.65.